The predicted octanol–water partition coefficient (Wildman–Crippen LogP) is 13.4. The molecule has 0 unspecified atom stereocenters. The fraction of sp³-hybridized carbons (Fsp3) is 0. The number of hydrogen-bond acceptors (Lipinski definition) is 6. The topological polar surface area (TPSA) is 55.3 Å². The Bertz CT molecular complexity index is 3140. The van der Waals surface area contributed by atoms with Crippen LogP contribution < -0.4 is 4.90 Å². The van der Waals surface area contributed by atoms with E-state index in [4.69, 9.17) is 18.8 Å². The maximum absolute atomic E-state index is 6.86. The van der Waals surface area contributed by atoms with Gasteiger partial charge in [-0.2, -0.15) is 0 Å². The maximum atomic E-state index is 6.86. The Morgan fingerprint density at radius 1 is 0.481 bits per heavy atom. The van der Waals surface area contributed by atoms with Gasteiger partial charge in [0.2, 0.25) is 0 Å². The number of thiophene rings is 1. The molecule has 4 heterocycles. The minimum Gasteiger partial charge on any atom is -0.454 e. The van der Waals surface area contributed by atoms with E-state index in [1.54, 1.807) is 0 Å². The SMILES string of the molecule is c1ccc(-c2nc(-c3ccc(N(c4ccccc4)c4ccc5sc6ccccc6c5c4)c4oc5ccccc5c34)nc3c2oc2ccccc23)cc1. The van der Waals surface area contributed by atoms with Crippen molar-refractivity contribution in [2.45, 2.75) is 0 Å². The molecule has 5 nitrogen and oxygen atoms in total. The van der Waals surface area contributed by atoms with E-state index < -0.39 is 0 Å². The molecule has 244 valence electrons. The van der Waals surface area contributed by atoms with Crippen molar-refractivity contribution in [2.24, 2.45) is 0 Å². The van der Waals surface area contributed by atoms with Gasteiger partial charge in [-0.05, 0) is 66.7 Å². The van der Waals surface area contributed by atoms with Gasteiger partial charge in [0.15, 0.2) is 17.0 Å². The monoisotopic (exact) mass is 685 g/mol. The summed E-state index contributed by atoms with van der Waals surface area (Å²) in [5, 5.41) is 5.41. The van der Waals surface area contributed by atoms with Gasteiger partial charge >= 0.3 is 0 Å². The largest absolute Gasteiger partial charge is 0.454 e. The van der Waals surface area contributed by atoms with E-state index in [2.05, 4.69) is 120 Å². The van der Waals surface area contributed by atoms with Crippen molar-refractivity contribution in [3.05, 3.63) is 164 Å². The van der Waals surface area contributed by atoms with Crippen molar-refractivity contribution >= 4 is 92.6 Å². The second-order valence-electron chi connectivity index (χ2n) is 12.9. The quantitative estimate of drug-likeness (QED) is 0.180. The van der Waals surface area contributed by atoms with Crippen molar-refractivity contribution < 1.29 is 8.83 Å². The van der Waals surface area contributed by atoms with Crippen LogP contribution in [0.1, 0.15) is 0 Å². The van der Waals surface area contributed by atoms with Gasteiger partial charge in [-0.15, -0.1) is 11.3 Å². The molecule has 0 aliphatic carbocycles. The summed E-state index contributed by atoms with van der Waals surface area (Å²) in [4.78, 5) is 12.8. The first-order valence-corrected chi connectivity index (χ1v) is 18.1. The van der Waals surface area contributed by atoms with E-state index in [-0.39, 0.29) is 0 Å². The summed E-state index contributed by atoms with van der Waals surface area (Å²) in [6, 6.07) is 56.6. The number of anilines is 3. The van der Waals surface area contributed by atoms with Gasteiger partial charge in [0, 0.05) is 58.8 Å². The molecule has 0 radical (unpaired) electrons. The molecule has 52 heavy (non-hydrogen) atoms. The average Bonchev–Trinajstić information content (AvgIpc) is 3.90. The molecule has 7 aromatic carbocycles. The van der Waals surface area contributed by atoms with E-state index in [9.17, 15) is 0 Å². The highest BCUT2D eigenvalue weighted by molar-refractivity contribution is 7.25. The highest BCUT2D eigenvalue weighted by atomic mass is 32.1. The van der Waals surface area contributed by atoms with Crippen LogP contribution in [-0.4, -0.2) is 9.97 Å². The summed E-state index contributed by atoms with van der Waals surface area (Å²) in [7, 11) is 0. The van der Waals surface area contributed by atoms with E-state index in [0.717, 1.165) is 72.3 Å². The highest BCUT2D eigenvalue weighted by Crippen LogP contribution is 2.47. The van der Waals surface area contributed by atoms with Gasteiger partial charge in [-0.3, -0.25) is 0 Å². The Morgan fingerprint density at radius 3 is 1.96 bits per heavy atom. The summed E-state index contributed by atoms with van der Waals surface area (Å²) in [5.74, 6) is 0.610. The predicted molar refractivity (Wildman–Crippen MR) is 215 cm³/mol. The number of rotatable bonds is 5. The number of nitrogens with zero attached hydrogens (tertiary/aromatic N) is 3. The van der Waals surface area contributed by atoms with Crippen molar-refractivity contribution in [2.75, 3.05) is 4.90 Å². The Hall–Kier alpha value is -6.76. The maximum Gasteiger partial charge on any atom is 0.180 e. The van der Waals surface area contributed by atoms with Crippen LogP contribution >= 0.6 is 11.3 Å². The van der Waals surface area contributed by atoms with Crippen LogP contribution in [0.25, 0.3) is 86.8 Å². The van der Waals surface area contributed by atoms with Crippen LogP contribution in [0.15, 0.2) is 173 Å². The molecule has 0 atom stereocenters. The minimum absolute atomic E-state index is 0.610. The fourth-order valence-electron chi connectivity index (χ4n) is 7.54. The third kappa shape index (κ3) is 4.41. The molecule has 0 N–H and O–H groups in total. The molecule has 0 saturated heterocycles. The van der Waals surface area contributed by atoms with Crippen LogP contribution in [0, 0.1) is 0 Å². The smallest absolute Gasteiger partial charge is 0.180 e. The van der Waals surface area contributed by atoms with E-state index >= 15 is 0 Å². The lowest BCUT2D eigenvalue weighted by molar-refractivity contribution is 0.667. The fourth-order valence-corrected chi connectivity index (χ4v) is 8.62. The summed E-state index contributed by atoms with van der Waals surface area (Å²) in [6.07, 6.45) is 0. The molecule has 0 amide bonds. The Morgan fingerprint density at radius 2 is 1.13 bits per heavy atom. The summed E-state index contributed by atoms with van der Waals surface area (Å²) in [5.41, 5.74) is 9.42. The van der Waals surface area contributed by atoms with Gasteiger partial charge in [0.05, 0.1) is 5.69 Å². The van der Waals surface area contributed by atoms with Crippen molar-refractivity contribution in [1.29, 1.82) is 0 Å². The van der Waals surface area contributed by atoms with Crippen molar-refractivity contribution in [3.8, 4) is 22.6 Å². The molecule has 11 aromatic rings. The lowest BCUT2D eigenvalue weighted by Crippen LogP contribution is -2.10. The molecule has 4 aromatic heterocycles. The number of fused-ring (bicyclic) bond motifs is 9. The van der Waals surface area contributed by atoms with E-state index in [0.29, 0.717) is 11.4 Å². The normalized spacial score (nSPS) is 11.8. The van der Waals surface area contributed by atoms with E-state index in [1.807, 2.05) is 59.9 Å². The van der Waals surface area contributed by atoms with Crippen LogP contribution in [0.5, 0.6) is 0 Å². The highest BCUT2D eigenvalue weighted by Gasteiger charge is 2.25. The van der Waals surface area contributed by atoms with Crippen molar-refractivity contribution in [1.82, 2.24) is 9.97 Å². The molecule has 6 heteroatoms. The van der Waals surface area contributed by atoms with Gasteiger partial charge < -0.3 is 13.7 Å². The average molecular weight is 686 g/mol. The second-order valence-corrected chi connectivity index (χ2v) is 14.0. The molecule has 0 saturated carbocycles. The standard InChI is InChI=1S/C46H27N3O2S/c1-3-13-28(14-4-1)42-45-43(33-19-8-11-21-38(33)51-45)48-46(47-42)34-24-25-36(44-41(34)32-18-7-10-20-37(32)50-44)49(29-15-5-2-6-16-29)30-23-26-40-35(27-30)31-17-9-12-22-39(31)52-40/h1-27H. The first kappa shape index (κ1) is 29.0. The number of furan rings is 2. The van der Waals surface area contributed by atoms with E-state index in [1.165, 1.54) is 20.2 Å². The molecule has 0 fully saturated rings. The molecular formula is C46H27N3O2S. The Kier molecular flexibility index (Phi) is 6.35. The van der Waals surface area contributed by atoms with Gasteiger partial charge in [-0.25, -0.2) is 9.97 Å². The Balaban J connectivity index is 1.20. The second kappa shape index (κ2) is 11.4. The van der Waals surface area contributed by atoms with Gasteiger partial charge in [0.1, 0.15) is 22.4 Å². The molecule has 0 aliphatic rings. The molecule has 0 spiro atoms. The number of aromatic nitrogens is 2. The number of para-hydroxylation sites is 3. The van der Waals surface area contributed by atoms with Crippen molar-refractivity contribution in [3.63, 3.8) is 0 Å². The molecular weight excluding hydrogens is 659 g/mol. The zero-order valence-corrected chi connectivity index (χ0v) is 28.5. The van der Waals surface area contributed by atoms with Gasteiger partial charge in [-0.1, -0.05) is 97.1 Å². The summed E-state index contributed by atoms with van der Waals surface area (Å²) in [6.45, 7) is 0. The first-order valence-electron chi connectivity index (χ1n) is 17.2. The zero-order chi connectivity index (χ0) is 34.2. The van der Waals surface area contributed by atoms with Crippen LogP contribution in [0.3, 0.4) is 0 Å². The molecule has 11 rings (SSSR count). The zero-order valence-electron chi connectivity index (χ0n) is 27.7. The van der Waals surface area contributed by atoms with Gasteiger partial charge in [0.25, 0.3) is 0 Å². The molecule has 0 bridgehead atoms. The first-order chi connectivity index (χ1) is 25.8. The summed E-state index contributed by atoms with van der Waals surface area (Å²) < 4.78 is 15.8. The van der Waals surface area contributed by atoms with Crippen LogP contribution in [-0.2, 0) is 0 Å². The summed E-state index contributed by atoms with van der Waals surface area (Å²) >= 11 is 1.82. The Labute approximate surface area is 301 Å². The minimum atomic E-state index is 0.610. The lowest BCUT2D eigenvalue weighted by Gasteiger charge is -2.26. The number of benzene rings is 7. The molecule has 0 aliphatic heterocycles. The van der Waals surface area contributed by atoms with Crippen LogP contribution in [0.2, 0.25) is 0 Å². The third-order valence-electron chi connectivity index (χ3n) is 9.89. The van der Waals surface area contributed by atoms with Crippen LogP contribution in [0.4, 0.5) is 17.1 Å². The third-order valence-corrected chi connectivity index (χ3v) is 11.0. The number of hydrogen-bond donors (Lipinski definition) is 0. The lowest BCUT2D eigenvalue weighted by atomic mass is 10.0.